The van der Waals surface area contributed by atoms with Gasteiger partial charge in [0, 0.05) is 19.5 Å². The highest BCUT2D eigenvalue weighted by Gasteiger charge is 2.30. The molecule has 0 aliphatic rings. The number of carboxylic acids is 1. The summed E-state index contributed by atoms with van der Waals surface area (Å²) in [5.74, 6) is 4.45. The van der Waals surface area contributed by atoms with Gasteiger partial charge in [-0.3, -0.25) is 0 Å². The Hall–Kier alpha value is -3.94. The smallest absolute Gasteiger partial charge is 0.338 e. The third-order valence-corrected chi connectivity index (χ3v) is 6.70. The molecule has 0 radical (unpaired) electrons. The van der Waals surface area contributed by atoms with E-state index in [1.165, 1.54) is 20.2 Å². The number of pyridine rings is 1. The Bertz CT molecular complexity index is 1560. The summed E-state index contributed by atoms with van der Waals surface area (Å²) in [7, 11) is -1.34. The zero-order valence-electron chi connectivity index (χ0n) is 18.1. The normalized spacial score (nSPS) is 11.5. The minimum absolute atomic E-state index is 0.0675. The molecule has 0 saturated carbocycles. The summed E-state index contributed by atoms with van der Waals surface area (Å²) in [6.07, 6.45) is 0. The maximum atomic E-state index is 13.3. The van der Waals surface area contributed by atoms with Gasteiger partial charge in [-0.25, -0.2) is 18.7 Å². The zero-order valence-corrected chi connectivity index (χ0v) is 18.9. The fourth-order valence-corrected chi connectivity index (χ4v) is 4.42. The Balaban J connectivity index is 2.11. The number of ether oxygens (including phenoxy) is 1. The summed E-state index contributed by atoms with van der Waals surface area (Å²) in [6.45, 7) is 1.77. The van der Waals surface area contributed by atoms with Crippen LogP contribution in [0.25, 0.3) is 33.5 Å². The lowest BCUT2D eigenvalue weighted by molar-refractivity contribution is 0.0697. The molecule has 1 N–H and O–H groups in total. The van der Waals surface area contributed by atoms with E-state index in [0.717, 1.165) is 8.28 Å². The molecule has 33 heavy (non-hydrogen) atoms. The maximum absolute atomic E-state index is 13.3. The van der Waals surface area contributed by atoms with E-state index in [-0.39, 0.29) is 34.7 Å². The van der Waals surface area contributed by atoms with E-state index in [9.17, 15) is 18.3 Å². The molecule has 4 aromatic rings. The van der Waals surface area contributed by atoms with Crippen LogP contribution < -0.4 is 4.74 Å². The lowest BCUT2D eigenvalue weighted by Gasteiger charge is -2.16. The van der Waals surface area contributed by atoms with Gasteiger partial charge in [0.2, 0.25) is 0 Å². The van der Waals surface area contributed by atoms with Crippen LogP contribution in [0.1, 0.15) is 17.3 Å². The molecule has 4 rings (SSSR count). The number of hydrogen-bond acceptors (Lipinski definition) is 6. The Labute approximate surface area is 190 Å². The van der Waals surface area contributed by atoms with E-state index in [1.807, 2.05) is 0 Å². The van der Waals surface area contributed by atoms with Gasteiger partial charge in [0.15, 0.2) is 5.82 Å². The zero-order chi connectivity index (χ0) is 23.8. The molecule has 0 fully saturated rings. The van der Waals surface area contributed by atoms with E-state index in [1.54, 1.807) is 49.4 Å². The molecule has 0 aliphatic carbocycles. The van der Waals surface area contributed by atoms with Gasteiger partial charge in [-0.05, 0) is 31.2 Å². The number of carbonyl (C=O) groups is 1. The molecule has 10 heteroatoms. The molecule has 2 aromatic carbocycles. The Morgan fingerprint density at radius 3 is 2.61 bits per heavy atom. The molecule has 0 atom stereocenters. The number of nitrogens with zero attached hydrogens (tertiary/aromatic N) is 4. The summed E-state index contributed by atoms with van der Waals surface area (Å²) in [5, 5.41) is 10.5. The number of imidazole rings is 1. The number of hydrogen-bond donors (Lipinski definition) is 1. The summed E-state index contributed by atoms with van der Waals surface area (Å²) in [6, 6.07) is 13.3. The number of benzene rings is 2. The molecule has 0 amide bonds. The third-order valence-electron chi connectivity index (χ3n) is 4.94. The van der Waals surface area contributed by atoms with Crippen molar-refractivity contribution < 1.29 is 23.1 Å². The van der Waals surface area contributed by atoms with Crippen molar-refractivity contribution in [1.82, 2.24) is 18.2 Å². The van der Waals surface area contributed by atoms with Crippen LogP contribution in [-0.2, 0) is 10.2 Å². The van der Waals surface area contributed by atoms with Crippen LogP contribution in [0.5, 0.6) is 5.75 Å². The number of para-hydroxylation sites is 2. The lowest BCUT2D eigenvalue weighted by atomic mass is 10.1. The first-order chi connectivity index (χ1) is 15.8. The first kappa shape index (κ1) is 22.3. The predicted molar refractivity (Wildman–Crippen MR) is 124 cm³/mol. The number of fused-ring (bicyclic) bond motifs is 2. The van der Waals surface area contributed by atoms with Crippen LogP contribution in [0.15, 0.2) is 48.5 Å². The summed E-state index contributed by atoms with van der Waals surface area (Å²) in [5.41, 5.74) is 0.753. The van der Waals surface area contributed by atoms with E-state index in [0.29, 0.717) is 16.7 Å². The van der Waals surface area contributed by atoms with Gasteiger partial charge in [0.25, 0.3) is 0 Å². The summed E-state index contributed by atoms with van der Waals surface area (Å²) in [4.78, 5) is 21.1. The van der Waals surface area contributed by atoms with Gasteiger partial charge >= 0.3 is 16.2 Å². The SMILES string of the molecule is CC#CCOc1cccc2c1nc(-c1nc3ccccc3cc1C(=O)O)n2S(=O)(=O)N(C)C. The van der Waals surface area contributed by atoms with Crippen molar-refractivity contribution in [1.29, 1.82) is 0 Å². The molecule has 2 aromatic heterocycles. The van der Waals surface area contributed by atoms with Crippen LogP contribution in [-0.4, -0.2) is 58.4 Å². The summed E-state index contributed by atoms with van der Waals surface area (Å²) < 4.78 is 34.4. The number of rotatable bonds is 6. The average Bonchev–Trinajstić information content (AvgIpc) is 3.19. The molecular formula is C23H20N4O5S. The Morgan fingerprint density at radius 2 is 1.91 bits per heavy atom. The molecule has 0 unspecified atom stereocenters. The second-order valence-electron chi connectivity index (χ2n) is 7.21. The van der Waals surface area contributed by atoms with Crippen LogP contribution >= 0.6 is 0 Å². The van der Waals surface area contributed by atoms with Gasteiger partial charge in [-0.2, -0.15) is 12.7 Å². The predicted octanol–water partition coefficient (Wildman–Crippen LogP) is 3.01. The molecule has 0 bridgehead atoms. The highest BCUT2D eigenvalue weighted by atomic mass is 32.2. The average molecular weight is 465 g/mol. The van der Waals surface area contributed by atoms with Crippen LogP contribution in [0.4, 0.5) is 0 Å². The van der Waals surface area contributed by atoms with Crippen molar-refractivity contribution in [3.05, 3.63) is 54.1 Å². The molecular weight excluding hydrogens is 444 g/mol. The molecule has 168 valence electrons. The quantitative estimate of drug-likeness (QED) is 0.436. The van der Waals surface area contributed by atoms with E-state index >= 15 is 0 Å². The molecule has 2 heterocycles. The van der Waals surface area contributed by atoms with Crippen molar-refractivity contribution in [2.24, 2.45) is 0 Å². The van der Waals surface area contributed by atoms with Crippen LogP contribution in [0.3, 0.4) is 0 Å². The van der Waals surface area contributed by atoms with Crippen molar-refractivity contribution in [3.8, 4) is 29.1 Å². The van der Waals surface area contributed by atoms with Gasteiger partial charge < -0.3 is 9.84 Å². The number of aromatic carboxylic acids is 1. The monoisotopic (exact) mass is 464 g/mol. The first-order valence-corrected chi connectivity index (χ1v) is 11.3. The topological polar surface area (TPSA) is 115 Å². The van der Waals surface area contributed by atoms with Crippen molar-refractivity contribution in [3.63, 3.8) is 0 Å². The fourth-order valence-electron chi connectivity index (χ4n) is 3.35. The van der Waals surface area contributed by atoms with Gasteiger partial charge in [0.1, 0.15) is 23.6 Å². The van der Waals surface area contributed by atoms with Crippen molar-refractivity contribution in [2.45, 2.75) is 6.92 Å². The Morgan fingerprint density at radius 1 is 1.15 bits per heavy atom. The minimum atomic E-state index is -4.11. The van der Waals surface area contributed by atoms with Gasteiger partial charge in [-0.1, -0.05) is 30.2 Å². The van der Waals surface area contributed by atoms with Gasteiger partial charge in [0.05, 0.1) is 16.6 Å². The van der Waals surface area contributed by atoms with Gasteiger partial charge in [-0.15, -0.1) is 5.92 Å². The highest BCUT2D eigenvalue weighted by Crippen LogP contribution is 2.34. The highest BCUT2D eigenvalue weighted by molar-refractivity contribution is 7.87. The van der Waals surface area contributed by atoms with E-state index < -0.39 is 16.2 Å². The summed E-state index contributed by atoms with van der Waals surface area (Å²) >= 11 is 0. The maximum Gasteiger partial charge on any atom is 0.338 e. The largest absolute Gasteiger partial charge is 0.479 e. The first-order valence-electron chi connectivity index (χ1n) is 9.86. The fraction of sp³-hybridized carbons (Fsp3) is 0.174. The number of carboxylic acid groups (broad SMARTS) is 1. The molecule has 9 nitrogen and oxygen atoms in total. The second-order valence-corrected chi connectivity index (χ2v) is 9.20. The van der Waals surface area contributed by atoms with Crippen LogP contribution in [0.2, 0.25) is 0 Å². The van der Waals surface area contributed by atoms with Crippen LogP contribution in [0, 0.1) is 11.8 Å². The molecule has 0 saturated heterocycles. The van der Waals surface area contributed by atoms with E-state index in [2.05, 4.69) is 21.8 Å². The Kier molecular flexibility index (Phi) is 5.76. The van der Waals surface area contributed by atoms with E-state index in [4.69, 9.17) is 4.74 Å². The minimum Gasteiger partial charge on any atom is -0.479 e. The standard InChI is InChI=1S/C23H20N4O5S/c1-4-5-13-32-19-12-8-11-18-21(19)25-22(27(18)33(30,31)26(2)3)20-16(23(28)29)14-15-9-6-7-10-17(15)24-20/h6-12,14H,13H2,1-3H3,(H,28,29). The van der Waals surface area contributed by atoms with Crippen molar-refractivity contribution in [2.75, 3.05) is 20.7 Å². The van der Waals surface area contributed by atoms with Crippen molar-refractivity contribution >= 4 is 38.1 Å². The number of aromatic nitrogens is 3. The molecule has 0 spiro atoms. The molecule has 0 aliphatic heterocycles. The third kappa shape index (κ3) is 3.88. The second kappa shape index (κ2) is 8.54. The lowest BCUT2D eigenvalue weighted by Crippen LogP contribution is -2.29.